The molecular formula is C17H21N3O3. The SMILES string of the molecule is COCCNc1ccc(CNC(=O)c2c[nH]c(C)cc2=O)cc1. The third-order valence-electron chi connectivity index (χ3n) is 3.34. The molecule has 6 heteroatoms. The summed E-state index contributed by atoms with van der Waals surface area (Å²) in [5, 5.41) is 5.97. The van der Waals surface area contributed by atoms with E-state index in [4.69, 9.17) is 4.74 Å². The van der Waals surface area contributed by atoms with Crippen LogP contribution in [0.1, 0.15) is 21.6 Å². The number of methoxy groups -OCH3 is 1. The molecule has 122 valence electrons. The summed E-state index contributed by atoms with van der Waals surface area (Å²) in [7, 11) is 1.66. The average Bonchev–Trinajstić information content (AvgIpc) is 2.54. The number of pyridine rings is 1. The normalized spacial score (nSPS) is 10.3. The Hall–Kier alpha value is -2.60. The van der Waals surface area contributed by atoms with Gasteiger partial charge in [-0.3, -0.25) is 9.59 Å². The lowest BCUT2D eigenvalue weighted by Gasteiger charge is -2.08. The van der Waals surface area contributed by atoms with Crippen LogP contribution in [0.5, 0.6) is 0 Å². The van der Waals surface area contributed by atoms with Crippen molar-refractivity contribution < 1.29 is 9.53 Å². The van der Waals surface area contributed by atoms with Crippen LogP contribution in [0.4, 0.5) is 5.69 Å². The number of rotatable bonds is 7. The highest BCUT2D eigenvalue weighted by molar-refractivity contribution is 5.93. The quantitative estimate of drug-likeness (QED) is 0.679. The molecule has 0 aliphatic heterocycles. The van der Waals surface area contributed by atoms with Gasteiger partial charge in [0.2, 0.25) is 0 Å². The van der Waals surface area contributed by atoms with E-state index in [0.717, 1.165) is 23.5 Å². The lowest BCUT2D eigenvalue weighted by molar-refractivity contribution is 0.0949. The summed E-state index contributed by atoms with van der Waals surface area (Å²) in [6.07, 6.45) is 1.44. The van der Waals surface area contributed by atoms with E-state index in [1.165, 1.54) is 12.3 Å². The zero-order chi connectivity index (χ0) is 16.7. The lowest BCUT2D eigenvalue weighted by atomic mass is 10.2. The topological polar surface area (TPSA) is 83.2 Å². The van der Waals surface area contributed by atoms with Crippen molar-refractivity contribution in [1.82, 2.24) is 10.3 Å². The molecule has 0 aliphatic rings. The number of aromatic nitrogens is 1. The van der Waals surface area contributed by atoms with Crippen molar-refractivity contribution in [2.24, 2.45) is 0 Å². The fraction of sp³-hybridized carbons (Fsp3) is 0.294. The molecule has 0 atom stereocenters. The zero-order valence-corrected chi connectivity index (χ0v) is 13.3. The first-order chi connectivity index (χ1) is 11.1. The van der Waals surface area contributed by atoms with Gasteiger partial charge in [0.25, 0.3) is 5.91 Å². The Morgan fingerprint density at radius 3 is 2.65 bits per heavy atom. The van der Waals surface area contributed by atoms with Gasteiger partial charge in [-0.05, 0) is 24.6 Å². The van der Waals surface area contributed by atoms with Crippen LogP contribution < -0.4 is 16.1 Å². The highest BCUT2D eigenvalue weighted by atomic mass is 16.5. The van der Waals surface area contributed by atoms with Gasteiger partial charge >= 0.3 is 0 Å². The van der Waals surface area contributed by atoms with Crippen LogP contribution in [0.3, 0.4) is 0 Å². The number of ether oxygens (including phenoxy) is 1. The smallest absolute Gasteiger partial charge is 0.257 e. The molecule has 2 rings (SSSR count). The predicted molar refractivity (Wildman–Crippen MR) is 89.8 cm³/mol. The second-order valence-electron chi connectivity index (χ2n) is 5.19. The van der Waals surface area contributed by atoms with Crippen molar-refractivity contribution in [2.45, 2.75) is 13.5 Å². The molecule has 0 spiro atoms. The Labute approximate surface area is 134 Å². The van der Waals surface area contributed by atoms with Gasteiger partial charge in [-0.25, -0.2) is 0 Å². The number of nitrogens with one attached hydrogen (secondary N) is 3. The average molecular weight is 315 g/mol. The zero-order valence-electron chi connectivity index (χ0n) is 13.3. The lowest BCUT2D eigenvalue weighted by Crippen LogP contribution is -2.28. The Morgan fingerprint density at radius 1 is 1.26 bits per heavy atom. The molecule has 6 nitrogen and oxygen atoms in total. The number of carbonyl (C=O) groups is 1. The molecule has 3 N–H and O–H groups in total. The molecule has 23 heavy (non-hydrogen) atoms. The molecule has 1 amide bonds. The Balaban J connectivity index is 1.90. The van der Waals surface area contributed by atoms with Crippen molar-refractivity contribution in [3.63, 3.8) is 0 Å². The first-order valence-electron chi connectivity index (χ1n) is 7.39. The number of aryl methyl sites for hydroxylation is 1. The molecule has 0 aliphatic carbocycles. The standard InChI is InChI=1S/C17H21N3O3/c1-12-9-16(21)15(11-19-12)17(22)20-10-13-3-5-14(6-4-13)18-7-8-23-2/h3-6,9,11,18H,7-8,10H2,1-2H3,(H,19,21)(H,20,22). The molecule has 0 radical (unpaired) electrons. The van der Waals surface area contributed by atoms with Gasteiger partial charge in [-0.2, -0.15) is 0 Å². The number of anilines is 1. The van der Waals surface area contributed by atoms with E-state index in [9.17, 15) is 9.59 Å². The molecule has 1 aromatic heterocycles. The van der Waals surface area contributed by atoms with Gasteiger partial charge < -0.3 is 20.4 Å². The van der Waals surface area contributed by atoms with E-state index in [1.54, 1.807) is 14.0 Å². The summed E-state index contributed by atoms with van der Waals surface area (Å²) in [6.45, 7) is 3.52. The number of hydrogen-bond acceptors (Lipinski definition) is 4. The second-order valence-corrected chi connectivity index (χ2v) is 5.19. The summed E-state index contributed by atoms with van der Waals surface area (Å²) >= 11 is 0. The van der Waals surface area contributed by atoms with Gasteiger partial charge in [0.15, 0.2) is 5.43 Å². The van der Waals surface area contributed by atoms with Crippen LogP contribution in [0.25, 0.3) is 0 Å². The van der Waals surface area contributed by atoms with Crippen molar-refractivity contribution in [1.29, 1.82) is 0 Å². The van der Waals surface area contributed by atoms with E-state index in [-0.39, 0.29) is 16.9 Å². The highest BCUT2D eigenvalue weighted by Gasteiger charge is 2.09. The third kappa shape index (κ3) is 4.96. The monoisotopic (exact) mass is 315 g/mol. The van der Waals surface area contributed by atoms with Crippen LogP contribution in [0.2, 0.25) is 0 Å². The predicted octanol–water partition coefficient (Wildman–Crippen LogP) is 1.67. The molecule has 0 bridgehead atoms. The maximum absolute atomic E-state index is 12.0. The molecule has 0 fully saturated rings. The van der Waals surface area contributed by atoms with Crippen molar-refractivity contribution in [3.05, 3.63) is 63.6 Å². The largest absolute Gasteiger partial charge is 0.383 e. The maximum Gasteiger partial charge on any atom is 0.257 e. The van der Waals surface area contributed by atoms with E-state index < -0.39 is 0 Å². The van der Waals surface area contributed by atoms with Crippen molar-refractivity contribution in [2.75, 3.05) is 25.6 Å². The molecule has 1 heterocycles. The van der Waals surface area contributed by atoms with Crippen LogP contribution in [-0.2, 0) is 11.3 Å². The fourth-order valence-corrected chi connectivity index (χ4v) is 2.07. The second kappa shape index (κ2) is 8.14. The third-order valence-corrected chi connectivity index (χ3v) is 3.34. The van der Waals surface area contributed by atoms with E-state index in [2.05, 4.69) is 15.6 Å². The Morgan fingerprint density at radius 2 is 2.00 bits per heavy atom. The number of H-pyrrole nitrogens is 1. The number of benzene rings is 1. The van der Waals surface area contributed by atoms with Gasteiger partial charge in [0, 0.05) is 43.8 Å². The van der Waals surface area contributed by atoms with E-state index in [0.29, 0.717) is 13.2 Å². The number of carbonyl (C=O) groups excluding carboxylic acids is 1. The van der Waals surface area contributed by atoms with E-state index >= 15 is 0 Å². The summed E-state index contributed by atoms with van der Waals surface area (Å²) in [4.78, 5) is 26.7. The maximum atomic E-state index is 12.0. The number of aromatic amines is 1. The molecule has 1 aromatic carbocycles. The molecular weight excluding hydrogens is 294 g/mol. The van der Waals surface area contributed by atoms with Crippen LogP contribution >= 0.6 is 0 Å². The molecule has 0 saturated heterocycles. The van der Waals surface area contributed by atoms with Gasteiger partial charge in [-0.15, -0.1) is 0 Å². The number of hydrogen-bond donors (Lipinski definition) is 3. The van der Waals surface area contributed by atoms with Gasteiger partial charge in [0.05, 0.1) is 6.61 Å². The Kier molecular flexibility index (Phi) is 5.94. The van der Waals surface area contributed by atoms with Gasteiger partial charge in [0.1, 0.15) is 5.56 Å². The van der Waals surface area contributed by atoms with E-state index in [1.807, 2.05) is 24.3 Å². The minimum absolute atomic E-state index is 0.119. The summed E-state index contributed by atoms with van der Waals surface area (Å²) < 4.78 is 4.97. The van der Waals surface area contributed by atoms with Crippen molar-refractivity contribution in [3.8, 4) is 0 Å². The molecule has 0 unspecified atom stereocenters. The first kappa shape index (κ1) is 16.8. The van der Waals surface area contributed by atoms with Gasteiger partial charge in [-0.1, -0.05) is 12.1 Å². The molecule has 2 aromatic rings. The summed E-state index contributed by atoms with van der Waals surface area (Å²) in [5.74, 6) is -0.381. The van der Waals surface area contributed by atoms with Crippen LogP contribution in [-0.4, -0.2) is 31.2 Å². The molecule has 0 saturated carbocycles. The Bertz CT molecular complexity index is 708. The fourth-order valence-electron chi connectivity index (χ4n) is 2.07. The highest BCUT2D eigenvalue weighted by Crippen LogP contribution is 2.09. The minimum atomic E-state index is -0.381. The first-order valence-corrected chi connectivity index (χ1v) is 7.39. The summed E-state index contributed by atoms with van der Waals surface area (Å²) in [5.41, 5.74) is 2.51. The number of amides is 1. The van der Waals surface area contributed by atoms with Crippen LogP contribution in [0, 0.1) is 6.92 Å². The summed E-state index contributed by atoms with van der Waals surface area (Å²) in [6, 6.07) is 9.14. The van der Waals surface area contributed by atoms with Crippen LogP contribution in [0.15, 0.2) is 41.3 Å². The minimum Gasteiger partial charge on any atom is -0.383 e. The van der Waals surface area contributed by atoms with Crippen molar-refractivity contribution >= 4 is 11.6 Å².